The van der Waals surface area contributed by atoms with Crippen molar-refractivity contribution in [1.82, 2.24) is 0 Å². The lowest BCUT2D eigenvalue weighted by Crippen LogP contribution is -2.19. The summed E-state index contributed by atoms with van der Waals surface area (Å²) in [5.41, 5.74) is 3.04. The first-order valence-corrected chi connectivity index (χ1v) is 8.63. The number of ether oxygens (including phenoxy) is 2. The molecule has 5 nitrogen and oxygen atoms in total. The summed E-state index contributed by atoms with van der Waals surface area (Å²) in [7, 11) is 0. The molecule has 0 fully saturated rings. The maximum atomic E-state index is 12.9. The van der Waals surface area contributed by atoms with Gasteiger partial charge in [-0.3, -0.25) is 4.79 Å². The SMILES string of the molecule is CCOC(=O)/C=C/C(=O)O[C@H](C(=O)c1ccc(C)cc1)c1ccc(C)cc1. The molecular weight excluding hydrogens is 344 g/mol. The molecule has 0 saturated heterocycles. The minimum Gasteiger partial charge on any atom is -0.463 e. The summed E-state index contributed by atoms with van der Waals surface area (Å²) in [6.45, 7) is 5.72. The second-order valence-corrected chi connectivity index (χ2v) is 6.04. The average molecular weight is 366 g/mol. The number of benzene rings is 2. The van der Waals surface area contributed by atoms with Crippen LogP contribution < -0.4 is 0 Å². The maximum absolute atomic E-state index is 12.9. The fourth-order valence-electron chi connectivity index (χ4n) is 2.37. The van der Waals surface area contributed by atoms with Gasteiger partial charge >= 0.3 is 11.9 Å². The molecule has 2 rings (SSSR count). The topological polar surface area (TPSA) is 69.7 Å². The van der Waals surface area contributed by atoms with Crippen LogP contribution >= 0.6 is 0 Å². The molecule has 0 bridgehead atoms. The van der Waals surface area contributed by atoms with E-state index in [0.717, 1.165) is 23.3 Å². The molecule has 2 aromatic carbocycles. The van der Waals surface area contributed by atoms with E-state index in [0.29, 0.717) is 11.1 Å². The second-order valence-electron chi connectivity index (χ2n) is 6.04. The molecule has 1 atom stereocenters. The van der Waals surface area contributed by atoms with Gasteiger partial charge in [-0.25, -0.2) is 9.59 Å². The molecule has 0 amide bonds. The lowest BCUT2D eigenvalue weighted by molar-refractivity contribution is -0.142. The van der Waals surface area contributed by atoms with Crippen molar-refractivity contribution in [3.63, 3.8) is 0 Å². The van der Waals surface area contributed by atoms with Gasteiger partial charge in [-0.15, -0.1) is 0 Å². The van der Waals surface area contributed by atoms with Gasteiger partial charge in [0.2, 0.25) is 5.78 Å². The molecule has 140 valence electrons. The Kier molecular flexibility index (Phi) is 7.06. The predicted octanol–water partition coefficient (Wildman–Crippen LogP) is 3.89. The smallest absolute Gasteiger partial charge is 0.332 e. The Labute approximate surface area is 158 Å². The maximum Gasteiger partial charge on any atom is 0.332 e. The predicted molar refractivity (Wildman–Crippen MR) is 101 cm³/mol. The van der Waals surface area contributed by atoms with Gasteiger partial charge in [-0.2, -0.15) is 0 Å². The van der Waals surface area contributed by atoms with Gasteiger partial charge < -0.3 is 9.47 Å². The molecule has 0 radical (unpaired) electrons. The summed E-state index contributed by atoms with van der Waals surface area (Å²) >= 11 is 0. The van der Waals surface area contributed by atoms with E-state index < -0.39 is 18.0 Å². The number of ketones is 1. The zero-order valence-corrected chi connectivity index (χ0v) is 15.6. The van der Waals surface area contributed by atoms with Crippen LogP contribution in [0.3, 0.4) is 0 Å². The number of rotatable bonds is 7. The Hall–Kier alpha value is -3.21. The van der Waals surface area contributed by atoms with Gasteiger partial charge in [0.25, 0.3) is 0 Å². The Morgan fingerprint density at radius 2 is 1.37 bits per heavy atom. The molecular formula is C22H22O5. The summed E-state index contributed by atoms with van der Waals surface area (Å²) < 4.78 is 10.1. The van der Waals surface area contributed by atoms with Gasteiger partial charge in [-0.1, -0.05) is 59.7 Å². The van der Waals surface area contributed by atoms with Crippen molar-refractivity contribution < 1.29 is 23.9 Å². The van der Waals surface area contributed by atoms with E-state index in [9.17, 15) is 14.4 Å². The summed E-state index contributed by atoms with van der Waals surface area (Å²) in [5, 5.41) is 0. The summed E-state index contributed by atoms with van der Waals surface area (Å²) in [6.07, 6.45) is 0.836. The zero-order valence-electron chi connectivity index (χ0n) is 15.6. The Balaban J connectivity index is 2.25. The van der Waals surface area contributed by atoms with E-state index in [4.69, 9.17) is 9.47 Å². The lowest BCUT2D eigenvalue weighted by atomic mass is 9.98. The van der Waals surface area contributed by atoms with Gasteiger partial charge in [0.1, 0.15) is 0 Å². The molecule has 5 heteroatoms. The number of carbonyl (C=O) groups is 3. The van der Waals surface area contributed by atoms with E-state index in [1.807, 2.05) is 38.1 Å². The number of carbonyl (C=O) groups excluding carboxylic acids is 3. The third-order valence-electron chi connectivity index (χ3n) is 3.83. The van der Waals surface area contributed by atoms with Crippen LogP contribution in [0.4, 0.5) is 0 Å². The molecule has 27 heavy (non-hydrogen) atoms. The quantitative estimate of drug-likeness (QED) is 0.422. The van der Waals surface area contributed by atoms with Crippen LogP contribution in [0.1, 0.15) is 40.1 Å². The van der Waals surface area contributed by atoms with Crippen LogP contribution in [-0.4, -0.2) is 24.3 Å². The van der Waals surface area contributed by atoms with E-state index in [1.165, 1.54) is 0 Å². The third kappa shape index (κ3) is 5.92. The number of hydrogen-bond acceptors (Lipinski definition) is 5. The fourth-order valence-corrected chi connectivity index (χ4v) is 2.37. The molecule has 0 unspecified atom stereocenters. The van der Waals surface area contributed by atoms with E-state index in [2.05, 4.69) is 0 Å². The molecule has 0 heterocycles. The van der Waals surface area contributed by atoms with Crippen LogP contribution in [0.5, 0.6) is 0 Å². The first-order chi connectivity index (χ1) is 12.9. The van der Waals surface area contributed by atoms with Crippen molar-refractivity contribution in [1.29, 1.82) is 0 Å². The second kappa shape index (κ2) is 9.48. The molecule has 0 aliphatic carbocycles. The molecule has 2 aromatic rings. The number of hydrogen-bond donors (Lipinski definition) is 0. The highest BCUT2D eigenvalue weighted by Crippen LogP contribution is 2.24. The minimum absolute atomic E-state index is 0.204. The molecule has 0 spiro atoms. The molecule has 0 aromatic heterocycles. The monoisotopic (exact) mass is 366 g/mol. The van der Waals surface area contributed by atoms with E-state index >= 15 is 0 Å². The van der Waals surface area contributed by atoms with Crippen molar-refractivity contribution >= 4 is 17.7 Å². The van der Waals surface area contributed by atoms with Crippen molar-refractivity contribution in [2.24, 2.45) is 0 Å². The molecule has 0 aliphatic heterocycles. The fraction of sp³-hybridized carbons (Fsp3) is 0.227. The van der Waals surface area contributed by atoms with Crippen molar-refractivity contribution in [2.45, 2.75) is 26.9 Å². The number of aryl methyl sites for hydroxylation is 2. The highest BCUT2D eigenvalue weighted by Gasteiger charge is 2.25. The third-order valence-corrected chi connectivity index (χ3v) is 3.83. The molecule has 0 aliphatic rings. The van der Waals surface area contributed by atoms with Crippen molar-refractivity contribution in [3.05, 3.63) is 82.9 Å². The van der Waals surface area contributed by atoms with Crippen LogP contribution in [0.15, 0.2) is 60.7 Å². The summed E-state index contributed by atoms with van der Waals surface area (Å²) in [6, 6.07) is 14.2. The first kappa shape index (κ1) is 20.1. The Morgan fingerprint density at radius 3 is 1.93 bits per heavy atom. The highest BCUT2D eigenvalue weighted by atomic mass is 16.5. The normalized spacial score (nSPS) is 11.8. The van der Waals surface area contributed by atoms with E-state index in [1.54, 1.807) is 31.2 Å². The number of Topliss-reactive ketones (excluding diaryl/α,β-unsaturated/α-hetero) is 1. The van der Waals surface area contributed by atoms with Crippen molar-refractivity contribution in [2.75, 3.05) is 6.61 Å². The van der Waals surface area contributed by atoms with Crippen molar-refractivity contribution in [3.8, 4) is 0 Å². The van der Waals surface area contributed by atoms with Gasteiger partial charge in [-0.05, 0) is 20.8 Å². The highest BCUT2D eigenvalue weighted by molar-refractivity contribution is 6.02. The zero-order chi connectivity index (χ0) is 19.8. The standard InChI is InChI=1S/C22H22O5/c1-4-26-19(23)13-14-20(24)27-22(18-11-7-16(3)8-12-18)21(25)17-9-5-15(2)6-10-17/h5-14,22H,4H2,1-3H3/b14-13+/t22-/m0/s1. The molecule has 0 saturated carbocycles. The minimum atomic E-state index is -1.10. The Bertz CT molecular complexity index is 832. The van der Waals surface area contributed by atoms with Crippen LogP contribution in [-0.2, 0) is 19.1 Å². The van der Waals surface area contributed by atoms with Gasteiger partial charge in [0, 0.05) is 23.3 Å². The van der Waals surface area contributed by atoms with Gasteiger partial charge in [0.05, 0.1) is 6.61 Å². The van der Waals surface area contributed by atoms with Crippen LogP contribution in [0.25, 0.3) is 0 Å². The lowest BCUT2D eigenvalue weighted by Gasteiger charge is -2.17. The van der Waals surface area contributed by atoms with E-state index in [-0.39, 0.29) is 12.4 Å². The summed E-state index contributed by atoms with van der Waals surface area (Å²) in [4.78, 5) is 36.4. The summed E-state index contributed by atoms with van der Waals surface area (Å²) in [5.74, 6) is -1.78. The molecule has 0 N–H and O–H groups in total. The van der Waals surface area contributed by atoms with Crippen LogP contribution in [0.2, 0.25) is 0 Å². The first-order valence-electron chi connectivity index (χ1n) is 8.63. The number of esters is 2. The van der Waals surface area contributed by atoms with Crippen LogP contribution in [0, 0.1) is 13.8 Å². The largest absolute Gasteiger partial charge is 0.463 e. The average Bonchev–Trinajstić information content (AvgIpc) is 2.65. The van der Waals surface area contributed by atoms with Gasteiger partial charge in [0.15, 0.2) is 6.10 Å². The Morgan fingerprint density at radius 1 is 0.852 bits per heavy atom.